The van der Waals surface area contributed by atoms with Gasteiger partial charge in [0.1, 0.15) is 0 Å². The van der Waals surface area contributed by atoms with Crippen molar-refractivity contribution in [1.29, 1.82) is 0 Å². The molecule has 2 N–H and O–H groups in total. The normalized spacial score (nSPS) is 17.4. The highest BCUT2D eigenvalue weighted by Gasteiger charge is 2.15. The van der Waals surface area contributed by atoms with Crippen LogP contribution in [0.3, 0.4) is 0 Å². The molecule has 0 aromatic carbocycles. The minimum absolute atomic E-state index is 0.733. The summed E-state index contributed by atoms with van der Waals surface area (Å²) in [5.41, 5.74) is 0. The number of anilines is 1. The Bertz CT molecular complexity index is 328. The van der Waals surface area contributed by atoms with Crippen LogP contribution in [0.4, 0.5) is 5.13 Å². The van der Waals surface area contributed by atoms with Gasteiger partial charge in [-0.05, 0) is 18.6 Å². The van der Waals surface area contributed by atoms with E-state index in [9.17, 15) is 0 Å². The third kappa shape index (κ3) is 3.15. The van der Waals surface area contributed by atoms with Crippen molar-refractivity contribution < 1.29 is 0 Å². The Morgan fingerprint density at radius 1 is 1.50 bits per heavy atom. The summed E-state index contributed by atoms with van der Waals surface area (Å²) in [5.74, 6) is 2.60. The van der Waals surface area contributed by atoms with E-state index >= 15 is 0 Å². The molecule has 78 valence electrons. The molecule has 0 unspecified atom stereocenters. The summed E-state index contributed by atoms with van der Waals surface area (Å²) in [6.07, 6.45) is 1.20. The van der Waals surface area contributed by atoms with E-state index in [0.717, 1.165) is 20.2 Å². The minimum atomic E-state index is 0.733. The SMILES string of the molecule is S=c1[nH]nc(NCCC2SCCS2)s1. The average molecular weight is 265 g/mol. The number of nitrogens with one attached hydrogen (secondary N) is 2. The van der Waals surface area contributed by atoms with E-state index in [2.05, 4.69) is 39.0 Å². The van der Waals surface area contributed by atoms with E-state index in [4.69, 9.17) is 12.2 Å². The molecule has 1 aliphatic heterocycles. The van der Waals surface area contributed by atoms with E-state index in [0.29, 0.717) is 0 Å². The maximum absolute atomic E-state index is 4.94. The standard InChI is InChI=1S/C7H11N3S4/c11-7-10-9-6(14-7)8-2-1-5-12-3-4-13-5/h5H,1-4H2,(H,8,9)(H,10,11). The Balaban J connectivity index is 1.69. The molecule has 2 heterocycles. The number of hydrogen-bond donors (Lipinski definition) is 2. The fraction of sp³-hybridized carbons (Fsp3) is 0.714. The summed E-state index contributed by atoms with van der Waals surface area (Å²) < 4.78 is 1.51. The van der Waals surface area contributed by atoms with E-state index in [1.54, 1.807) is 0 Å². The van der Waals surface area contributed by atoms with Crippen LogP contribution in [0.25, 0.3) is 0 Å². The molecule has 0 atom stereocenters. The molecule has 1 aromatic rings. The van der Waals surface area contributed by atoms with Crippen molar-refractivity contribution >= 4 is 52.2 Å². The molecule has 0 aliphatic carbocycles. The van der Waals surface area contributed by atoms with Crippen molar-refractivity contribution in [3.05, 3.63) is 3.95 Å². The van der Waals surface area contributed by atoms with E-state index in [1.165, 1.54) is 29.3 Å². The first-order valence-corrected chi connectivity index (χ1v) is 7.69. The summed E-state index contributed by atoms with van der Waals surface area (Å²) in [6, 6.07) is 0. The second-order valence-electron chi connectivity index (χ2n) is 2.80. The molecule has 3 nitrogen and oxygen atoms in total. The molecule has 1 aromatic heterocycles. The Morgan fingerprint density at radius 3 is 2.93 bits per heavy atom. The van der Waals surface area contributed by atoms with Crippen LogP contribution < -0.4 is 5.32 Å². The Kier molecular flexibility index (Phi) is 4.15. The van der Waals surface area contributed by atoms with Crippen LogP contribution in [-0.2, 0) is 0 Å². The lowest BCUT2D eigenvalue weighted by atomic mass is 10.5. The van der Waals surface area contributed by atoms with Crippen molar-refractivity contribution in [3.8, 4) is 0 Å². The van der Waals surface area contributed by atoms with E-state index < -0.39 is 0 Å². The van der Waals surface area contributed by atoms with Gasteiger partial charge in [-0.25, -0.2) is 0 Å². The molecule has 1 fully saturated rings. The third-order valence-corrected chi connectivity index (χ3v) is 6.00. The number of hydrogen-bond acceptors (Lipinski definition) is 6. The van der Waals surface area contributed by atoms with Crippen LogP contribution in [0.2, 0.25) is 0 Å². The smallest absolute Gasteiger partial charge is 0.204 e. The van der Waals surface area contributed by atoms with Gasteiger partial charge in [-0.3, -0.25) is 5.10 Å². The second kappa shape index (κ2) is 5.39. The first-order valence-electron chi connectivity index (χ1n) is 4.37. The fourth-order valence-corrected chi connectivity index (χ4v) is 4.82. The molecular formula is C7H11N3S4. The first kappa shape index (κ1) is 10.8. The molecule has 0 saturated carbocycles. The maximum atomic E-state index is 4.94. The summed E-state index contributed by atoms with van der Waals surface area (Å²) >= 11 is 10.6. The van der Waals surface area contributed by atoms with Gasteiger partial charge >= 0.3 is 0 Å². The van der Waals surface area contributed by atoms with Gasteiger partial charge < -0.3 is 5.32 Å². The van der Waals surface area contributed by atoms with E-state index in [1.807, 2.05) is 0 Å². The van der Waals surface area contributed by atoms with Gasteiger partial charge in [0.15, 0.2) is 3.95 Å². The molecule has 0 bridgehead atoms. The Labute approximate surface area is 100 Å². The van der Waals surface area contributed by atoms with Crippen molar-refractivity contribution in [1.82, 2.24) is 10.2 Å². The minimum Gasteiger partial charge on any atom is -0.360 e. The summed E-state index contributed by atoms with van der Waals surface area (Å²) in [5, 5.41) is 11.0. The van der Waals surface area contributed by atoms with Crippen LogP contribution >= 0.6 is 47.1 Å². The fourth-order valence-electron chi connectivity index (χ4n) is 1.18. The molecule has 14 heavy (non-hydrogen) atoms. The third-order valence-electron chi connectivity index (χ3n) is 1.79. The molecule has 1 aliphatic rings. The molecular weight excluding hydrogens is 254 g/mol. The number of nitrogens with zero attached hydrogens (tertiary/aromatic N) is 1. The molecule has 1 saturated heterocycles. The highest BCUT2D eigenvalue weighted by atomic mass is 32.2. The Morgan fingerprint density at radius 2 is 2.29 bits per heavy atom. The van der Waals surface area contributed by atoms with Gasteiger partial charge in [-0.15, -0.1) is 28.6 Å². The van der Waals surface area contributed by atoms with Gasteiger partial charge in [0.2, 0.25) is 5.13 Å². The zero-order chi connectivity index (χ0) is 9.80. The van der Waals surface area contributed by atoms with Crippen molar-refractivity contribution in [2.75, 3.05) is 23.4 Å². The second-order valence-corrected chi connectivity index (χ2v) is 7.39. The van der Waals surface area contributed by atoms with Crippen LogP contribution in [0.5, 0.6) is 0 Å². The van der Waals surface area contributed by atoms with Crippen LogP contribution in [-0.4, -0.2) is 32.8 Å². The van der Waals surface area contributed by atoms with Crippen molar-refractivity contribution in [2.45, 2.75) is 11.0 Å². The lowest BCUT2D eigenvalue weighted by Crippen LogP contribution is -2.06. The quantitative estimate of drug-likeness (QED) is 0.819. The number of H-pyrrole nitrogens is 1. The monoisotopic (exact) mass is 265 g/mol. The zero-order valence-corrected chi connectivity index (χ0v) is 10.8. The number of rotatable bonds is 4. The van der Waals surface area contributed by atoms with Gasteiger partial charge in [0.25, 0.3) is 0 Å². The topological polar surface area (TPSA) is 40.7 Å². The van der Waals surface area contributed by atoms with Gasteiger partial charge in [0.05, 0.1) is 4.58 Å². The molecule has 0 radical (unpaired) electrons. The highest BCUT2D eigenvalue weighted by Crippen LogP contribution is 2.33. The van der Waals surface area contributed by atoms with Gasteiger partial charge in [-0.1, -0.05) is 11.3 Å². The largest absolute Gasteiger partial charge is 0.360 e. The predicted molar refractivity (Wildman–Crippen MR) is 69.1 cm³/mol. The summed E-state index contributed by atoms with van der Waals surface area (Å²) in [6.45, 7) is 0.987. The zero-order valence-electron chi connectivity index (χ0n) is 7.49. The van der Waals surface area contributed by atoms with Crippen molar-refractivity contribution in [3.63, 3.8) is 0 Å². The Hall–Kier alpha value is 0.280. The van der Waals surface area contributed by atoms with Crippen LogP contribution in [0.1, 0.15) is 6.42 Å². The molecule has 0 spiro atoms. The molecule has 0 amide bonds. The lowest BCUT2D eigenvalue weighted by Gasteiger charge is -2.07. The van der Waals surface area contributed by atoms with Gasteiger partial charge in [0, 0.05) is 18.1 Å². The average Bonchev–Trinajstić information content (AvgIpc) is 2.77. The first-order chi connectivity index (χ1) is 6.84. The summed E-state index contributed by atoms with van der Waals surface area (Å²) in [4.78, 5) is 0. The number of aromatic amines is 1. The molecule has 7 heteroatoms. The number of aromatic nitrogens is 2. The molecule has 2 rings (SSSR count). The van der Waals surface area contributed by atoms with Crippen LogP contribution in [0.15, 0.2) is 0 Å². The maximum Gasteiger partial charge on any atom is 0.204 e. The lowest BCUT2D eigenvalue weighted by molar-refractivity contribution is 0.949. The van der Waals surface area contributed by atoms with E-state index in [-0.39, 0.29) is 0 Å². The summed E-state index contributed by atoms with van der Waals surface area (Å²) in [7, 11) is 0. The van der Waals surface area contributed by atoms with Crippen molar-refractivity contribution in [2.24, 2.45) is 0 Å². The predicted octanol–water partition coefficient (Wildman–Crippen LogP) is 2.81. The number of thioether (sulfide) groups is 2. The van der Waals surface area contributed by atoms with Gasteiger partial charge in [-0.2, -0.15) is 0 Å². The van der Waals surface area contributed by atoms with Crippen LogP contribution in [0, 0.1) is 3.95 Å². The highest BCUT2D eigenvalue weighted by molar-refractivity contribution is 8.20.